The van der Waals surface area contributed by atoms with E-state index >= 15 is 0 Å². The molecule has 0 saturated heterocycles. The van der Waals surface area contributed by atoms with E-state index in [2.05, 4.69) is 35.3 Å². The zero-order valence-corrected chi connectivity index (χ0v) is 12.2. The van der Waals surface area contributed by atoms with Crippen molar-refractivity contribution in [1.29, 1.82) is 0 Å². The van der Waals surface area contributed by atoms with Crippen LogP contribution in [0.25, 0.3) is 0 Å². The molecule has 0 aromatic heterocycles. The maximum atomic E-state index is 13.5. The van der Waals surface area contributed by atoms with Crippen molar-refractivity contribution in [3.8, 4) is 0 Å². The van der Waals surface area contributed by atoms with E-state index in [4.69, 9.17) is 0 Å². The molecule has 0 heterocycles. The molecule has 106 valence electrons. The number of rotatable bonds is 5. The Hall–Kier alpha value is -1.87. The fourth-order valence-corrected chi connectivity index (χ4v) is 2.30. The molecular formula is C17H21FN2. The molecule has 2 aromatic rings. The van der Waals surface area contributed by atoms with Crippen LogP contribution in [-0.4, -0.2) is 20.6 Å². The molecule has 2 nitrogen and oxygen atoms in total. The summed E-state index contributed by atoms with van der Waals surface area (Å²) < 4.78 is 13.5. The molecule has 2 rings (SSSR count). The second-order valence-electron chi connectivity index (χ2n) is 5.04. The van der Waals surface area contributed by atoms with Gasteiger partial charge in [0.1, 0.15) is 5.82 Å². The number of hydrogen-bond donors (Lipinski definition) is 1. The van der Waals surface area contributed by atoms with E-state index in [0.717, 1.165) is 23.4 Å². The first kappa shape index (κ1) is 14.5. The SMILES string of the molecule is CCNC(c1cccc(F)c1)c1cccc(N(C)C)c1. The van der Waals surface area contributed by atoms with Crippen molar-refractivity contribution in [3.63, 3.8) is 0 Å². The lowest BCUT2D eigenvalue weighted by Gasteiger charge is -2.21. The van der Waals surface area contributed by atoms with Crippen molar-refractivity contribution in [1.82, 2.24) is 5.32 Å². The molecular weight excluding hydrogens is 251 g/mol. The van der Waals surface area contributed by atoms with Gasteiger partial charge in [-0.3, -0.25) is 0 Å². The third-order valence-corrected chi connectivity index (χ3v) is 3.31. The van der Waals surface area contributed by atoms with Crippen molar-refractivity contribution in [2.45, 2.75) is 13.0 Å². The molecule has 0 aliphatic carbocycles. The smallest absolute Gasteiger partial charge is 0.123 e. The Balaban J connectivity index is 2.40. The maximum absolute atomic E-state index is 13.5. The minimum absolute atomic E-state index is 0.00981. The fraction of sp³-hybridized carbons (Fsp3) is 0.294. The van der Waals surface area contributed by atoms with Crippen LogP contribution >= 0.6 is 0 Å². The molecule has 1 N–H and O–H groups in total. The minimum atomic E-state index is -0.200. The molecule has 0 aliphatic rings. The van der Waals surface area contributed by atoms with Crippen LogP contribution < -0.4 is 10.2 Å². The zero-order valence-electron chi connectivity index (χ0n) is 12.2. The Morgan fingerprint density at radius 3 is 2.30 bits per heavy atom. The summed E-state index contributed by atoms with van der Waals surface area (Å²) >= 11 is 0. The topological polar surface area (TPSA) is 15.3 Å². The molecule has 0 saturated carbocycles. The van der Waals surface area contributed by atoms with E-state index < -0.39 is 0 Å². The van der Waals surface area contributed by atoms with Crippen LogP contribution in [0.3, 0.4) is 0 Å². The summed E-state index contributed by atoms with van der Waals surface area (Å²) in [6.45, 7) is 2.88. The molecule has 0 amide bonds. The fourth-order valence-electron chi connectivity index (χ4n) is 2.30. The molecule has 0 spiro atoms. The van der Waals surface area contributed by atoms with E-state index in [0.29, 0.717) is 0 Å². The number of nitrogens with one attached hydrogen (secondary N) is 1. The lowest BCUT2D eigenvalue weighted by molar-refractivity contribution is 0.603. The molecule has 1 unspecified atom stereocenters. The van der Waals surface area contributed by atoms with E-state index in [9.17, 15) is 4.39 Å². The first-order valence-electron chi connectivity index (χ1n) is 6.88. The number of benzene rings is 2. The summed E-state index contributed by atoms with van der Waals surface area (Å²) in [7, 11) is 4.03. The Kier molecular flexibility index (Phi) is 4.74. The van der Waals surface area contributed by atoms with E-state index in [1.54, 1.807) is 12.1 Å². The normalized spacial score (nSPS) is 12.2. The maximum Gasteiger partial charge on any atom is 0.123 e. The van der Waals surface area contributed by atoms with Crippen LogP contribution in [0.5, 0.6) is 0 Å². The lowest BCUT2D eigenvalue weighted by Crippen LogP contribution is -2.22. The van der Waals surface area contributed by atoms with Crippen LogP contribution in [0, 0.1) is 5.82 Å². The van der Waals surface area contributed by atoms with Gasteiger partial charge in [0.25, 0.3) is 0 Å². The van der Waals surface area contributed by atoms with E-state index in [1.165, 1.54) is 6.07 Å². The van der Waals surface area contributed by atoms with Gasteiger partial charge in [-0.15, -0.1) is 0 Å². The third kappa shape index (κ3) is 3.36. The number of hydrogen-bond acceptors (Lipinski definition) is 2. The number of anilines is 1. The molecule has 0 fully saturated rings. The number of nitrogens with zero attached hydrogens (tertiary/aromatic N) is 1. The van der Waals surface area contributed by atoms with Gasteiger partial charge >= 0.3 is 0 Å². The second-order valence-corrected chi connectivity index (χ2v) is 5.04. The first-order chi connectivity index (χ1) is 9.61. The van der Waals surface area contributed by atoms with Gasteiger partial charge in [0.05, 0.1) is 6.04 Å². The highest BCUT2D eigenvalue weighted by Gasteiger charge is 2.14. The molecule has 2 aromatic carbocycles. The van der Waals surface area contributed by atoms with Crippen LogP contribution in [-0.2, 0) is 0 Å². The van der Waals surface area contributed by atoms with Crippen LogP contribution in [0.2, 0.25) is 0 Å². The second kappa shape index (κ2) is 6.53. The lowest BCUT2D eigenvalue weighted by atomic mass is 9.98. The van der Waals surface area contributed by atoms with Crippen LogP contribution in [0.15, 0.2) is 48.5 Å². The Morgan fingerprint density at radius 1 is 1.05 bits per heavy atom. The van der Waals surface area contributed by atoms with Crippen molar-refractivity contribution in [2.75, 3.05) is 25.5 Å². The predicted molar refractivity (Wildman–Crippen MR) is 82.7 cm³/mol. The molecule has 0 aliphatic heterocycles. The summed E-state index contributed by atoms with van der Waals surface area (Å²) in [5, 5.41) is 3.42. The summed E-state index contributed by atoms with van der Waals surface area (Å²) in [5.41, 5.74) is 3.23. The minimum Gasteiger partial charge on any atom is -0.378 e. The van der Waals surface area contributed by atoms with Gasteiger partial charge < -0.3 is 10.2 Å². The highest BCUT2D eigenvalue weighted by Crippen LogP contribution is 2.25. The average molecular weight is 272 g/mol. The molecule has 1 atom stereocenters. The van der Waals surface area contributed by atoms with Gasteiger partial charge in [-0.25, -0.2) is 4.39 Å². The highest BCUT2D eigenvalue weighted by atomic mass is 19.1. The van der Waals surface area contributed by atoms with Gasteiger partial charge in [0.2, 0.25) is 0 Å². The van der Waals surface area contributed by atoms with Crippen LogP contribution in [0.4, 0.5) is 10.1 Å². The van der Waals surface area contributed by atoms with Crippen molar-refractivity contribution < 1.29 is 4.39 Å². The monoisotopic (exact) mass is 272 g/mol. The Morgan fingerprint density at radius 2 is 1.70 bits per heavy atom. The first-order valence-corrected chi connectivity index (χ1v) is 6.88. The van der Waals surface area contributed by atoms with Crippen molar-refractivity contribution in [3.05, 3.63) is 65.5 Å². The van der Waals surface area contributed by atoms with Gasteiger partial charge in [-0.1, -0.05) is 31.2 Å². The van der Waals surface area contributed by atoms with E-state index in [1.807, 2.05) is 26.2 Å². The average Bonchev–Trinajstić information content (AvgIpc) is 2.45. The van der Waals surface area contributed by atoms with E-state index in [-0.39, 0.29) is 11.9 Å². The zero-order chi connectivity index (χ0) is 14.5. The van der Waals surface area contributed by atoms with Crippen molar-refractivity contribution >= 4 is 5.69 Å². The number of halogens is 1. The van der Waals surface area contributed by atoms with Crippen LogP contribution in [0.1, 0.15) is 24.1 Å². The summed E-state index contributed by atoms with van der Waals surface area (Å²) in [6.07, 6.45) is 0. The molecule has 0 radical (unpaired) electrons. The van der Waals surface area contributed by atoms with Crippen molar-refractivity contribution in [2.24, 2.45) is 0 Å². The summed E-state index contributed by atoms with van der Waals surface area (Å²) in [4.78, 5) is 2.07. The molecule has 3 heteroatoms. The standard InChI is InChI=1S/C17H21FN2/c1-4-19-17(13-7-5-9-15(18)11-13)14-8-6-10-16(12-14)20(2)3/h5-12,17,19H,4H2,1-3H3. The van der Waals surface area contributed by atoms with Gasteiger partial charge in [0.15, 0.2) is 0 Å². The van der Waals surface area contributed by atoms with Gasteiger partial charge in [0, 0.05) is 19.8 Å². The largest absolute Gasteiger partial charge is 0.378 e. The predicted octanol–water partition coefficient (Wildman–Crippen LogP) is 3.59. The third-order valence-electron chi connectivity index (χ3n) is 3.31. The highest BCUT2D eigenvalue weighted by molar-refractivity contribution is 5.49. The Bertz CT molecular complexity index is 566. The summed E-state index contributed by atoms with van der Waals surface area (Å²) in [6, 6.07) is 15.1. The molecule has 0 bridgehead atoms. The molecule has 20 heavy (non-hydrogen) atoms. The van der Waals surface area contributed by atoms with Gasteiger partial charge in [-0.2, -0.15) is 0 Å². The quantitative estimate of drug-likeness (QED) is 0.895. The Labute approximate surface area is 120 Å². The van der Waals surface area contributed by atoms with Gasteiger partial charge in [-0.05, 0) is 41.9 Å². The summed E-state index contributed by atoms with van der Waals surface area (Å²) in [5.74, 6) is -0.200.